The molecule has 1 aliphatic heterocycles. The Kier molecular flexibility index (Phi) is 5.52. The molecule has 0 aromatic heterocycles. The van der Waals surface area contributed by atoms with Gasteiger partial charge in [0.15, 0.2) is 0 Å². The number of ether oxygens (including phenoxy) is 1. The number of benzene rings is 2. The molecular weight excluding hydrogens is 385 g/mol. The first-order valence-electron chi connectivity index (χ1n) is 7.71. The Morgan fingerprint density at radius 1 is 0.960 bits per heavy atom. The van der Waals surface area contributed by atoms with Crippen LogP contribution in [0.4, 0.5) is 5.69 Å². The molecule has 7 heteroatoms. The molecule has 0 unspecified atom stereocenters. The van der Waals surface area contributed by atoms with Gasteiger partial charge in [0.05, 0.1) is 22.9 Å². The summed E-state index contributed by atoms with van der Waals surface area (Å²) in [4.78, 5) is 25.6. The summed E-state index contributed by atoms with van der Waals surface area (Å²) in [5.41, 5.74) is 0.865. The molecule has 4 nitrogen and oxygen atoms in total. The second kappa shape index (κ2) is 7.65. The summed E-state index contributed by atoms with van der Waals surface area (Å²) in [6, 6.07) is 9.96. The first-order chi connectivity index (χ1) is 12.0. The predicted octanol–water partition coefficient (Wildman–Crippen LogP) is 5.04. The highest BCUT2D eigenvalue weighted by Crippen LogP contribution is 2.35. The maximum atomic E-state index is 12.1. The van der Waals surface area contributed by atoms with Crippen LogP contribution in [0.15, 0.2) is 36.4 Å². The number of fused-ring (bicyclic) bond motifs is 1. The van der Waals surface area contributed by atoms with Crippen LogP contribution in [0, 0.1) is 0 Å². The number of carbonyl (C=O) groups excluding carboxylic acids is 2. The summed E-state index contributed by atoms with van der Waals surface area (Å²) in [6.45, 7) is 0.850. The number of nitrogens with zero attached hydrogens (tertiary/aromatic N) is 1. The third kappa shape index (κ3) is 3.92. The Labute approximate surface area is 160 Å². The van der Waals surface area contributed by atoms with Crippen molar-refractivity contribution >= 4 is 52.2 Å². The molecule has 1 amide bonds. The van der Waals surface area contributed by atoms with Crippen molar-refractivity contribution in [1.29, 1.82) is 0 Å². The van der Waals surface area contributed by atoms with Crippen LogP contribution < -0.4 is 9.64 Å². The second-order valence-electron chi connectivity index (χ2n) is 5.58. The first kappa shape index (κ1) is 18.1. The molecule has 0 aliphatic carbocycles. The van der Waals surface area contributed by atoms with Crippen molar-refractivity contribution in [2.24, 2.45) is 0 Å². The molecule has 1 heterocycles. The summed E-state index contributed by atoms with van der Waals surface area (Å²) in [7, 11) is 0. The van der Waals surface area contributed by atoms with E-state index in [4.69, 9.17) is 39.5 Å². The van der Waals surface area contributed by atoms with Gasteiger partial charge < -0.3 is 9.64 Å². The Morgan fingerprint density at radius 3 is 2.40 bits per heavy atom. The van der Waals surface area contributed by atoms with Crippen LogP contribution in [0.2, 0.25) is 15.1 Å². The van der Waals surface area contributed by atoms with Gasteiger partial charge >= 0.3 is 0 Å². The van der Waals surface area contributed by atoms with Gasteiger partial charge in [-0.1, -0.05) is 40.9 Å². The van der Waals surface area contributed by atoms with Crippen molar-refractivity contribution < 1.29 is 14.3 Å². The fourth-order valence-corrected chi connectivity index (χ4v) is 3.48. The zero-order valence-electron chi connectivity index (χ0n) is 13.1. The first-order valence-corrected chi connectivity index (χ1v) is 8.84. The number of amides is 1. The molecule has 0 atom stereocenters. The average Bonchev–Trinajstić information content (AvgIpc) is 2.80. The van der Waals surface area contributed by atoms with Crippen molar-refractivity contribution in [2.75, 3.05) is 18.1 Å². The highest BCUT2D eigenvalue weighted by molar-refractivity contribution is 6.54. The molecule has 0 N–H and O–H groups in total. The lowest BCUT2D eigenvalue weighted by Gasteiger charge is -2.17. The van der Waals surface area contributed by atoms with E-state index in [2.05, 4.69) is 0 Å². The molecule has 3 rings (SSSR count). The zero-order chi connectivity index (χ0) is 18.0. The SMILES string of the molecule is O=C1C(=O)N(CCCCOc2cc(Cl)cc(Cl)c2)c2c(Cl)cccc21. The van der Waals surface area contributed by atoms with Crippen LogP contribution >= 0.6 is 34.8 Å². The Bertz CT molecular complexity index is 818. The molecule has 130 valence electrons. The van der Waals surface area contributed by atoms with Gasteiger partial charge in [-0.05, 0) is 43.2 Å². The monoisotopic (exact) mass is 397 g/mol. The number of carbonyl (C=O) groups is 2. The Morgan fingerprint density at radius 2 is 1.68 bits per heavy atom. The van der Waals surface area contributed by atoms with Crippen molar-refractivity contribution in [3.8, 4) is 5.75 Å². The molecule has 0 fully saturated rings. The summed E-state index contributed by atoms with van der Waals surface area (Å²) in [5.74, 6) is -0.453. The van der Waals surface area contributed by atoms with Crippen LogP contribution in [0.1, 0.15) is 23.2 Å². The number of hydrogen-bond donors (Lipinski definition) is 0. The number of rotatable bonds is 6. The van der Waals surface area contributed by atoms with Crippen molar-refractivity contribution in [2.45, 2.75) is 12.8 Å². The second-order valence-corrected chi connectivity index (χ2v) is 6.86. The molecule has 0 bridgehead atoms. The lowest BCUT2D eigenvalue weighted by Crippen LogP contribution is -2.31. The molecule has 2 aromatic carbocycles. The molecule has 1 aliphatic rings. The van der Waals surface area contributed by atoms with Gasteiger partial charge in [-0.25, -0.2) is 0 Å². The van der Waals surface area contributed by atoms with E-state index in [0.29, 0.717) is 58.1 Å². The third-order valence-corrected chi connectivity index (χ3v) is 4.56. The number of hydrogen-bond acceptors (Lipinski definition) is 3. The third-order valence-electron chi connectivity index (χ3n) is 3.82. The number of para-hydroxylation sites is 1. The number of halogens is 3. The van der Waals surface area contributed by atoms with Crippen LogP contribution in [0.3, 0.4) is 0 Å². The van der Waals surface area contributed by atoms with Crippen LogP contribution in [0.25, 0.3) is 0 Å². The maximum Gasteiger partial charge on any atom is 0.299 e. The van der Waals surface area contributed by atoms with Gasteiger partial charge in [-0.15, -0.1) is 0 Å². The Hall–Kier alpha value is -1.75. The maximum absolute atomic E-state index is 12.1. The Balaban J connectivity index is 1.55. The number of unbranched alkanes of at least 4 members (excludes halogenated alkanes) is 1. The van der Waals surface area contributed by atoms with Crippen LogP contribution in [-0.4, -0.2) is 24.8 Å². The van der Waals surface area contributed by atoms with Crippen molar-refractivity contribution in [3.05, 3.63) is 57.0 Å². The summed E-state index contributed by atoms with van der Waals surface area (Å²) in [6.07, 6.45) is 1.36. The van der Waals surface area contributed by atoms with E-state index in [1.807, 2.05) is 0 Å². The van der Waals surface area contributed by atoms with Crippen LogP contribution in [0.5, 0.6) is 5.75 Å². The van der Waals surface area contributed by atoms with Gasteiger partial charge in [0.2, 0.25) is 0 Å². The van der Waals surface area contributed by atoms with E-state index < -0.39 is 11.7 Å². The standard InChI is InChI=1S/C18H14Cl3NO3/c19-11-8-12(20)10-13(9-11)25-7-2-1-6-22-16-14(17(23)18(22)24)4-3-5-15(16)21/h3-5,8-10H,1-2,6-7H2. The number of ketones is 1. The topological polar surface area (TPSA) is 46.6 Å². The minimum Gasteiger partial charge on any atom is -0.493 e. The zero-order valence-corrected chi connectivity index (χ0v) is 15.4. The molecule has 2 aromatic rings. The normalized spacial score (nSPS) is 13.3. The van der Waals surface area contributed by atoms with E-state index in [0.717, 1.165) is 0 Å². The minimum absolute atomic E-state index is 0.363. The van der Waals surface area contributed by atoms with E-state index >= 15 is 0 Å². The smallest absolute Gasteiger partial charge is 0.299 e. The molecule has 25 heavy (non-hydrogen) atoms. The van der Waals surface area contributed by atoms with Crippen LogP contribution in [-0.2, 0) is 4.79 Å². The minimum atomic E-state index is -0.536. The van der Waals surface area contributed by atoms with E-state index in [1.165, 1.54) is 4.90 Å². The molecule has 0 saturated heterocycles. The summed E-state index contributed by atoms with van der Waals surface area (Å²) < 4.78 is 5.61. The van der Waals surface area contributed by atoms with Gasteiger partial charge in [-0.3, -0.25) is 9.59 Å². The molecular formula is C18H14Cl3NO3. The number of anilines is 1. The van der Waals surface area contributed by atoms with Gasteiger partial charge in [0.1, 0.15) is 5.75 Å². The summed E-state index contributed by atoms with van der Waals surface area (Å²) >= 11 is 18.0. The fourth-order valence-electron chi connectivity index (χ4n) is 2.70. The van der Waals surface area contributed by atoms with Gasteiger partial charge in [0.25, 0.3) is 11.7 Å². The number of Topliss-reactive ketones (excluding diaryl/α,β-unsaturated/α-hetero) is 1. The van der Waals surface area contributed by atoms with Crippen molar-refractivity contribution in [3.63, 3.8) is 0 Å². The fraction of sp³-hybridized carbons (Fsp3) is 0.222. The van der Waals surface area contributed by atoms with E-state index in [9.17, 15) is 9.59 Å². The lowest BCUT2D eigenvalue weighted by atomic mass is 10.1. The van der Waals surface area contributed by atoms with Gasteiger partial charge in [-0.2, -0.15) is 0 Å². The van der Waals surface area contributed by atoms with E-state index in [1.54, 1.807) is 36.4 Å². The van der Waals surface area contributed by atoms with Crippen molar-refractivity contribution in [1.82, 2.24) is 0 Å². The lowest BCUT2D eigenvalue weighted by molar-refractivity contribution is -0.114. The molecule has 0 saturated carbocycles. The molecule has 0 radical (unpaired) electrons. The predicted molar refractivity (Wildman–Crippen MR) is 99.3 cm³/mol. The average molecular weight is 399 g/mol. The highest BCUT2D eigenvalue weighted by Gasteiger charge is 2.36. The molecule has 0 spiro atoms. The quantitative estimate of drug-likeness (QED) is 0.506. The highest BCUT2D eigenvalue weighted by atomic mass is 35.5. The van der Waals surface area contributed by atoms with E-state index in [-0.39, 0.29) is 0 Å². The van der Waals surface area contributed by atoms with Gasteiger partial charge in [0, 0.05) is 16.6 Å². The summed E-state index contributed by atoms with van der Waals surface area (Å²) in [5, 5.41) is 1.42. The largest absolute Gasteiger partial charge is 0.493 e.